The largest absolute Gasteiger partial charge is 0.468 e. The number of para-hydroxylation sites is 1. The Morgan fingerprint density at radius 1 is 1.33 bits per heavy atom. The lowest BCUT2D eigenvalue weighted by Crippen LogP contribution is -2.51. The molecule has 0 atom stereocenters. The average Bonchev–Trinajstić information content (AvgIpc) is 2.53. The Bertz CT molecular complexity index is 529. The Hall–Kier alpha value is -1.60. The number of benzene rings is 1. The van der Waals surface area contributed by atoms with Crippen LogP contribution in [0.4, 0.5) is 5.69 Å². The SMILES string of the molecule is COC(=O)C1(NSc2ccccc2[N+](=O)[O-])CCCCC1. The molecule has 1 aromatic rings. The molecule has 1 aliphatic rings. The van der Waals surface area contributed by atoms with Gasteiger partial charge in [-0.25, -0.2) is 4.72 Å². The summed E-state index contributed by atoms with van der Waals surface area (Å²) >= 11 is 1.13. The minimum atomic E-state index is -0.749. The van der Waals surface area contributed by atoms with Gasteiger partial charge in [-0.1, -0.05) is 31.4 Å². The fourth-order valence-corrected chi connectivity index (χ4v) is 3.53. The third kappa shape index (κ3) is 3.54. The molecule has 1 saturated carbocycles. The first-order chi connectivity index (χ1) is 10.1. The van der Waals surface area contributed by atoms with Crippen LogP contribution in [0.15, 0.2) is 29.2 Å². The summed E-state index contributed by atoms with van der Waals surface area (Å²) in [6.07, 6.45) is 4.36. The summed E-state index contributed by atoms with van der Waals surface area (Å²) in [6.45, 7) is 0. The Kier molecular flexibility index (Phi) is 5.19. The molecule has 114 valence electrons. The summed E-state index contributed by atoms with van der Waals surface area (Å²) in [5, 5.41) is 11.0. The van der Waals surface area contributed by atoms with Crippen LogP contribution in [-0.4, -0.2) is 23.5 Å². The smallest absolute Gasteiger partial charge is 0.326 e. The zero-order chi connectivity index (χ0) is 15.3. The second-order valence-electron chi connectivity index (χ2n) is 5.06. The summed E-state index contributed by atoms with van der Waals surface area (Å²) in [4.78, 5) is 23.2. The summed E-state index contributed by atoms with van der Waals surface area (Å²) in [7, 11) is 1.37. The van der Waals surface area contributed by atoms with Crippen molar-refractivity contribution in [2.24, 2.45) is 0 Å². The van der Waals surface area contributed by atoms with Crippen molar-refractivity contribution >= 4 is 23.6 Å². The number of nitrogens with one attached hydrogen (secondary N) is 1. The number of hydrogen-bond acceptors (Lipinski definition) is 6. The Balaban J connectivity index is 2.16. The Labute approximate surface area is 127 Å². The van der Waals surface area contributed by atoms with Crippen LogP contribution in [0.5, 0.6) is 0 Å². The summed E-state index contributed by atoms with van der Waals surface area (Å²) in [6, 6.07) is 6.49. The number of esters is 1. The standard InChI is InChI=1S/C14H18N2O4S/c1-20-13(17)14(9-5-2-6-10-14)15-21-12-8-4-3-7-11(12)16(18)19/h3-4,7-8,15H,2,5-6,9-10H2,1H3. The van der Waals surface area contributed by atoms with Crippen molar-refractivity contribution in [2.45, 2.75) is 42.5 Å². The van der Waals surface area contributed by atoms with Crippen molar-refractivity contribution in [3.05, 3.63) is 34.4 Å². The number of nitro groups is 1. The molecule has 2 rings (SSSR count). The predicted molar refractivity (Wildman–Crippen MR) is 79.9 cm³/mol. The normalized spacial score (nSPS) is 17.2. The second kappa shape index (κ2) is 6.91. The van der Waals surface area contributed by atoms with Gasteiger partial charge in [-0.3, -0.25) is 14.9 Å². The van der Waals surface area contributed by atoms with Gasteiger partial charge in [-0.15, -0.1) is 0 Å². The Morgan fingerprint density at radius 2 is 2.00 bits per heavy atom. The van der Waals surface area contributed by atoms with E-state index in [1.165, 1.54) is 13.2 Å². The molecule has 6 nitrogen and oxygen atoms in total. The number of ether oxygens (including phenoxy) is 1. The molecule has 1 fully saturated rings. The molecule has 0 amide bonds. The van der Waals surface area contributed by atoms with Gasteiger partial charge in [0.05, 0.1) is 12.0 Å². The monoisotopic (exact) mass is 310 g/mol. The van der Waals surface area contributed by atoms with Gasteiger partial charge in [-0.05, 0) is 30.9 Å². The topological polar surface area (TPSA) is 81.5 Å². The van der Waals surface area contributed by atoms with Crippen molar-refractivity contribution < 1.29 is 14.5 Å². The molecule has 0 heterocycles. The molecule has 1 aromatic carbocycles. The van der Waals surface area contributed by atoms with Gasteiger partial charge in [-0.2, -0.15) is 0 Å². The number of carbonyl (C=O) groups is 1. The molecule has 0 spiro atoms. The van der Waals surface area contributed by atoms with Gasteiger partial charge in [0.1, 0.15) is 10.4 Å². The molecular formula is C14H18N2O4S. The summed E-state index contributed by atoms with van der Waals surface area (Å²) in [5.74, 6) is -0.298. The summed E-state index contributed by atoms with van der Waals surface area (Å²) < 4.78 is 8.05. The molecule has 0 aliphatic heterocycles. The zero-order valence-corrected chi connectivity index (χ0v) is 12.6. The van der Waals surface area contributed by atoms with E-state index in [0.717, 1.165) is 31.2 Å². The first-order valence-corrected chi connectivity index (χ1v) is 7.66. The zero-order valence-electron chi connectivity index (χ0n) is 11.8. The van der Waals surface area contributed by atoms with E-state index in [9.17, 15) is 14.9 Å². The lowest BCUT2D eigenvalue weighted by molar-refractivity contribution is -0.387. The predicted octanol–water partition coefficient (Wildman–Crippen LogP) is 3.07. The average molecular weight is 310 g/mol. The van der Waals surface area contributed by atoms with Gasteiger partial charge in [0.2, 0.25) is 0 Å². The van der Waals surface area contributed by atoms with Gasteiger partial charge in [0.15, 0.2) is 0 Å². The van der Waals surface area contributed by atoms with Crippen molar-refractivity contribution in [1.29, 1.82) is 0 Å². The number of rotatable bonds is 5. The first-order valence-electron chi connectivity index (χ1n) is 6.85. The van der Waals surface area contributed by atoms with Crippen LogP contribution in [0.2, 0.25) is 0 Å². The lowest BCUT2D eigenvalue weighted by atomic mass is 9.83. The van der Waals surface area contributed by atoms with E-state index in [4.69, 9.17) is 4.74 Å². The van der Waals surface area contributed by atoms with Crippen LogP contribution in [0.25, 0.3) is 0 Å². The molecule has 0 radical (unpaired) electrons. The first kappa shape index (κ1) is 15.8. The summed E-state index contributed by atoms with van der Waals surface area (Å²) in [5.41, 5.74) is -0.715. The van der Waals surface area contributed by atoms with E-state index < -0.39 is 10.5 Å². The molecule has 0 aromatic heterocycles. The fourth-order valence-electron chi connectivity index (χ4n) is 2.55. The molecule has 7 heteroatoms. The van der Waals surface area contributed by atoms with Crippen LogP contribution in [0.3, 0.4) is 0 Å². The van der Waals surface area contributed by atoms with E-state index in [2.05, 4.69) is 4.72 Å². The van der Waals surface area contributed by atoms with E-state index in [-0.39, 0.29) is 11.7 Å². The molecular weight excluding hydrogens is 292 g/mol. The quantitative estimate of drug-likeness (QED) is 0.389. The molecule has 1 N–H and O–H groups in total. The number of nitrogens with zero attached hydrogens (tertiary/aromatic N) is 1. The van der Waals surface area contributed by atoms with Crippen molar-refractivity contribution in [2.75, 3.05) is 7.11 Å². The van der Waals surface area contributed by atoms with Gasteiger partial charge in [0.25, 0.3) is 5.69 Å². The van der Waals surface area contributed by atoms with Crippen molar-refractivity contribution in [1.82, 2.24) is 4.72 Å². The van der Waals surface area contributed by atoms with Crippen molar-refractivity contribution in [3.63, 3.8) is 0 Å². The Morgan fingerprint density at radius 3 is 2.62 bits per heavy atom. The fraction of sp³-hybridized carbons (Fsp3) is 0.500. The lowest BCUT2D eigenvalue weighted by Gasteiger charge is -2.34. The number of methoxy groups -OCH3 is 1. The highest BCUT2D eigenvalue weighted by Gasteiger charge is 2.41. The maximum Gasteiger partial charge on any atom is 0.326 e. The van der Waals surface area contributed by atoms with Crippen LogP contribution in [0.1, 0.15) is 32.1 Å². The van der Waals surface area contributed by atoms with Gasteiger partial charge in [0, 0.05) is 6.07 Å². The number of carbonyl (C=O) groups excluding carboxylic acids is 1. The minimum absolute atomic E-state index is 0.0332. The maximum atomic E-state index is 12.1. The maximum absolute atomic E-state index is 12.1. The molecule has 0 unspecified atom stereocenters. The highest BCUT2D eigenvalue weighted by atomic mass is 32.2. The molecule has 21 heavy (non-hydrogen) atoms. The van der Waals surface area contributed by atoms with Gasteiger partial charge < -0.3 is 4.74 Å². The van der Waals surface area contributed by atoms with E-state index in [1.807, 2.05) is 0 Å². The number of nitro benzene ring substituents is 1. The van der Waals surface area contributed by atoms with Crippen molar-refractivity contribution in [3.8, 4) is 0 Å². The molecule has 1 aliphatic carbocycles. The third-order valence-corrected chi connectivity index (χ3v) is 4.76. The highest BCUT2D eigenvalue weighted by Crippen LogP contribution is 2.34. The van der Waals surface area contributed by atoms with E-state index in [1.54, 1.807) is 18.2 Å². The van der Waals surface area contributed by atoms with E-state index in [0.29, 0.717) is 17.7 Å². The van der Waals surface area contributed by atoms with Crippen LogP contribution in [0, 0.1) is 10.1 Å². The third-order valence-electron chi connectivity index (χ3n) is 3.70. The molecule has 0 bridgehead atoms. The van der Waals surface area contributed by atoms with Gasteiger partial charge >= 0.3 is 5.97 Å². The minimum Gasteiger partial charge on any atom is -0.468 e. The van der Waals surface area contributed by atoms with E-state index >= 15 is 0 Å². The van der Waals surface area contributed by atoms with Crippen LogP contribution < -0.4 is 4.72 Å². The van der Waals surface area contributed by atoms with Crippen LogP contribution in [-0.2, 0) is 9.53 Å². The second-order valence-corrected chi connectivity index (χ2v) is 5.91. The molecule has 0 saturated heterocycles. The highest BCUT2D eigenvalue weighted by molar-refractivity contribution is 7.97. The number of hydrogen-bond donors (Lipinski definition) is 1. The van der Waals surface area contributed by atoms with Crippen LogP contribution >= 0.6 is 11.9 Å².